The van der Waals surface area contributed by atoms with Crippen LogP contribution in [0.2, 0.25) is 0 Å². The van der Waals surface area contributed by atoms with E-state index in [-0.39, 0.29) is 10.2 Å². The van der Waals surface area contributed by atoms with Gasteiger partial charge in [0.2, 0.25) is 10.2 Å². The quantitative estimate of drug-likeness (QED) is 0.734. The lowest BCUT2D eigenvalue weighted by Gasteiger charge is -2.02. The molecule has 2 unspecified atom stereocenters. The van der Waals surface area contributed by atoms with Crippen LogP contribution in [0, 0.1) is 0 Å². The average Bonchev–Trinajstić information content (AvgIpc) is 2.59. The van der Waals surface area contributed by atoms with E-state index in [0.29, 0.717) is 20.9 Å². The Morgan fingerprint density at radius 1 is 0.667 bits per heavy atom. The summed E-state index contributed by atoms with van der Waals surface area (Å²) in [6.45, 7) is 0. The van der Waals surface area contributed by atoms with E-state index < -0.39 is 21.6 Å². The van der Waals surface area contributed by atoms with Crippen LogP contribution in [0.1, 0.15) is 20.7 Å². The molecule has 0 bridgehead atoms. The van der Waals surface area contributed by atoms with Gasteiger partial charge in [-0.25, -0.2) is 0 Å². The van der Waals surface area contributed by atoms with Crippen molar-refractivity contribution in [3.05, 3.63) is 59.7 Å². The van der Waals surface area contributed by atoms with E-state index in [1.54, 1.807) is 61.0 Å². The lowest BCUT2D eigenvalue weighted by atomic mass is 10.2. The van der Waals surface area contributed by atoms with Crippen molar-refractivity contribution in [2.45, 2.75) is 9.79 Å². The summed E-state index contributed by atoms with van der Waals surface area (Å²) in [7, 11) is -0.483. The Kier molecular flexibility index (Phi) is 6.97. The SMILES string of the molecule is CS(=O)c1ccc(C(=O)SSC(=O)c2ccc(S(C)=O)cc2)cc1. The van der Waals surface area contributed by atoms with Gasteiger partial charge in [0.15, 0.2) is 0 Å². The van der Waals surface area contributed by atoms with Gasteiger partial charge in [-0.15, -0.1) is 0 Å². The molecule has 0 aliphatic rings. The van der Waals surface area contributed by atoms with Crippen molar-refractivity contribution >= 4 is 53.4 Å². The van der Waals surface area contributed by atoms with Crippen LogP contribution in [0.15, 0.2) is 58.3 Å². The Labute approximate surface area is 153 Å². The molecule has 4 nitrogen and oxygen atoms in total. The number of rotatable bonds is 4. The van der Waals surface area contributed by atoms with Crippen LogP contribution in [0.4, 0.5) is 0 Å². The van der Waals surface area contributed by atoms with Crippen molar-refractivity contribution in [2.75, 3.05) is 12.5 Å². The topological polar surface area (TPSA) is 68.3 Å². The van der Waals surface area contributed by atoms with Crippen molar-refractivity contribution in [1.29, 1.82) is 0 Å². The van der Waals surface area contributed by atoms with E-state index in [0.717, 1.165) is 21.6 Å². The molecule has 24 heavy (non-hydrogen) atoms. The highest BCUT2D eigenvalue weighted by molar-refractivity contribution is 8.87. The third kappa shape index (κ3) is 5.14. The summed E-state index contributed by atoms with van der Waals surface area (Å²) in [5.41, 5.74) is 0.900. The molecule has 0 saturated heterocycles. The number of hydrogen-bond donors (Lipinski definition) is 0. The van der Waals surface area contributed by atoms with E-state index in [1.165, 1.54) is 0 Å². The average molecular weight is 399 g/mol. The molecule has 2 aromatic rings. The van der Waals surface area contributed by atoms with Crippen LogP contribution in [0.25, 0.3) is 0 Å². The van der Waals surface area contributed by atoms with Gasteiger partial charge in [-0.2, -0.15) is 0 Å². The Morgan fingerprint density at radius 2 is 0.958 bits per heavy atom. The van der Waals surface area contributed by atoms with Gasteiger partial charge in [0.25, 0.3) is 0 Å². The minimum atomic E-state index is -1.09. The summed E-state index contributed by atoms with van der Waals surface area (Å²) >= 11 is 0. The number of carbonyl (C=O) groups is 2. The van der Waals surface area contributed by atoms with E-state index in [9.17, 15) is 18.0 Å². The Bertz CT molecular complexity index is 728. The van der Waals surface area contributed by atoms with Gasteiger partial charge in [-0.1, -0.05) is 0 Å². The largest absolute Gasteiger partial charge is 0.281 e. The smallest absolute Gasteiger partial charge is 0.230 e. The fourth-order valence-corrected chi connectivity index (χ4v) is 4.42. The van der Waals surface area contributed by atoms with Gasteiger partial charge >= 0.3 is 0 Å². The first-order valence-electron chi connectivity index (χ1n) is 6.68. The van der Waals surface area contributed by atoms with E-state index in [4.69, 9.17) is 0 Å². The second-order valence-electron chi connectivity index (χ2n) is 4.70. The van der Waals surface area contributed by atoms with Crippen molar-refractivity contribution in [3.8, 4) is 0 Å². The normalized spacial score (nSPS) is 13.2. The van der Waals surface area contributed by atoms with Crippen LogP contribution in [-0.2, 0) is 21.6 Å². The first-order valence-corrected chi connectivity index (χ1v) is 11.9. The Balaban J connectivity index is 1.96. The zero-order chi connectivity index (χ0) is 17.7. The number of carbonyl (C=O) groups excluding carboxylic acids is 2. The highest BCUT2D eigenvalue weighted by Crippen LogP contribution is 2.30. The second-order valence-corrected chi connectivity index (χ2v) is 9.53. The molecular weight excluding hydrogens is 384 g/mol. The fourth-order valence-electron chi connectivity index (χ4n) is 1.74. The summed E-state index contributed by atoms with van der Waals surface area (Å²) in [4.78, 5) is 25.5. The molecular formula is C16H14O4S4. The van der Waals surface area contributed by atoms with Crippen molar-refractivity contribution in [2.24, 2.45) is 0 Å². The number of benzene rings is 2. The van der Waals surface area contributed by atoms with Crippen LogP contribution in [0.3, 0.4) is 0 Å². The molecule has 0 aliphatic carbocycles. The first-order chi connectivity index (χ1) is 11.4. The lowest BCUT2D eigenvalue weighted by molar-refractivity contribution is 0.107. The van der Waals surface area contributed by atoms with Gasteiger partial charge in [0.05, 0.1) is 0 Å². The molecule has 0 heterocycles. The van der Waals surface area contributed by atoms with Crippen molar-refractivity contribution in [1.82, 2.24) is 0 Å². The van der Waals surface area contributed by atoms with Gasteiger partial charge in [0.1, 0.15) is 0 Å². The minimum Gasteiger partial charge on any atom is -0.281 e. The molecule has 0 N–H and O–H groups in total. The Morgan fingerprint density at radius 3 is 1.21 bits per heavy atom. The van der Waals surface area contributed by atoms with Crippen LogP contribution < -0.4 is 0 Å². The van der Waals surface area contributed by atoms with Crippen LogP contribution >= 0.6 is 21.6 Å². The molecule has 0 amide bonds. The van der Waals surface area contributed by atoms with Crippen LogP contribution in [-0.4, -0.2) is 31.2 Å². The molecule has 2 atom stereocenters. The first kappa shape index (κ1) is 19.1. The molecule has 0 spiro atoms. The maximum atomic E-state index is 12.1. The maximum Gasteiger partial charge on any atom is 0.230 e. The summed E-state index contributed by atoms with van der Waals surface area (Å²) in [6, 6.07) is 13.0. The zero-order valence-electron chi connectivity index (χ0n) is 12.9. The molecule has 0 fully saturated rings. The lowest BCUT2D eigenvalue weighted by Crippen LogP contribution is -1.97. The second kappa shape index (κ2) is 8.75. The highest BCUT2D eigenvalue weighted by atomic mass is 33.1. The zero-order valence-corrected chi connectivity index (χ0v) is 16.2. The fraction of sp³-hybridized carbons (Fsp3) is 0.125. The monoisotopic (exact) mass is 398 g/mol. The molecule has 2 rings (SSSR count). The predicted octanol–water partition coefficient (Wildman–Crippen LogP) is 3.52. The molecule has 0 aliphatic heterocycles. The summed E-state index contributed by atoms with van der Waals surface area (Å²) in [6.07, 6.45) is 3.14. The summed E-state index contributed by atoms with van der Waals surface area (Å²) in [5.74, 6) is 0. The van der Waals surface area contributed by atoms with Gasteiger partial charge in [-0.05, 0) is 70.1 Å². The minimum absolute atomic E-state index is 0.243. The molecule has 0 saturated carbocycles. The molecule has 2 aromatic carbocycles. The standard InChI is InChI=1S/C16H14O4S4/c1-23(19)13-7-3-11(4-8-13)15(17)21-22-16(18)12-5-9-14(10-6-12)24(2)20/h3-10H,1-2H3. The van der Waals surface area contributed by atoms with Gasteiger partial charge in [-0.3, -0.25) is 18.0 Å². The summed E-state index contributed by atoms with van der Waals surface area (Å²) in [5, 5.41) is -0.485. The molecule has 0 aromatic heterocycles. The van der Waals surface area contributed by atoms with Gasteiger partial charge < -0.3 is 0 Å². The maximum absolute atomic E-state index is 12.1. The predicted molar refractivity (Wildman–Crippen MR) is 101 cm³/mol. The van der Waals surface area contributed by atoms with Gasteiger partial charge in [0, 0.05) is 55.0 Å². The van der Waals surface area contributed by atoms with Crippen molar-refractivity contribution < 1.29 is 18.0 Å². The van der Waals surface area contributed by atoms with E-state index in [1.807, 2.05) is 0 Å². The Hall–Kier alpha value is -1.22. The van der Waals surface area contributed by atoms with Crippen LogP contribution in [0.5, 0.6) is 0 Å². The van der Waals surface area contributed by atoms with Crippen molar-refractivity contribution in [3.63, 3.8) is 0 Å². The molecule has 0 radical (unpaired) electrons. The number of hydrogen-bond acceptors (Lipinski definition) is 6. The molecule has 126 valence electrons. The summed E-state index contributed by atoms with van der Waals surface area (Å²) < 4.78 is 22.6. The van der Waals surface area contributed by atoms with E-state index >= 15 is 0 Å². The highest BCUT2D eigenvalue weighted by Gasteiger charge is 2.13. The van der Waals surface area contributed by atoms with E-state index in [2.05, 4.69) is 0 Å². The third-order valence-corrected chi connectivity index (χ3v) is 6.92. The molecule has 8 heteroatoms. The third-order valence-electron chi connectivity index (χ3n) is 3.04.